The van der Waals surface area contributed by atoms with Gasteiger partial charge in [-0.05, 0) is 68.8 Å². The van der Waals surface area contributed by atoms with Gasteiger partial charge in [-0.3, -0.25) is 28.9 Å². The Morgan fingerprint density at radius 2 is 1.46 bits per heavy atom. The number of carbonyl (C=O) groups excluding carboxylic acids is 5. The molecule has 0 unspecified atom stereocenters. The van der Waals surface area contributed by atoms with Gasteiger partial charge in [-0.15, -0.1) is 0 Å². The highest BCUT2D eigenvalue weighted by molar-refractivity contribution is 7.90. The molecule has 2 aromatic heterocycles. The first-order valence-corrected chi connectivity index (χ1v) is 26.9. The lowest BCUT2D eigenvalue weighted by atomic mass is 9.99. The van der Waals surface area contributed by atoms with Crippen molar-refractivity contribution < 1.29 is 90.3 Å². The molecule has 0 bridgehead atoms. The molecule has 420 valence electrons. The minimum Gasteiger partial charge on any atom is -0.479 e. The van der Waals surface area contributed by atoms with Crippen LogP contribution in [0.2, 0.25) is 0 Å². The number of aromatic nitrogens is 2. The van der Waals surface area contributed by atoms with Crippen LogP contribution in [0, 0.1) is 13.8 Å². The van der Waals surface area contributed by atoms with Gasteiger partial charge in [0.2, 0.25) is 24.0 Å². The number of aliphatic carboxylic acids is 1. The number of aliphatic hydroxyl groups is 3. The van der Waals surface area contributed by atoms with Gasteiger partial charge in [-0.25, -0.2) is 22.8 Å². The van der Waals surface area contributed by atoms with Gasteiger partial charge in [-0.2, -0.15) is 0 Å². The van der Waals surface area contributed by atoms with Crippen LogP contribution in [0.4, 0.5) is 5.69 Å². The quantitative estimate of drug-likeness (QED) is 0.0173. The number of anilines is 1. The number of aliphatic hydroxyl groups excluding tert-OH is 3. The molecule has 6 N–H and O–H groups in total. The lowest BCUT2D eigenvalue weighted by Crippen LogP contribution is -2.61. The van der Waals surface area contributed by atoms with Crippen molar-refractivity contribution in [1.29, 1.82) is 0 Å². The molecular weight excluding hydrogens is 1050 g/mol. The molecule has 1 fully saturated rings. The number of benzene rings is 3. The maximum Gasteiger partial charge on any atom is 0.335 e. The number of hydrogen-bond acceptors (Lipinski definition) is 18. The average Bonchev–Trinajstić information content (AvgIpc) is 3.98. The van der Waals surface area contributed by atoms with Gasteiger partial charge in [0.05, 0.1) is 62.5 Å². The number of oxazole rings is 1. The van der Waals surface area contributed by atoms with Crippen molar-refractivity contribution >= 4 is 50.9 Å². The minimum atomic E-state index is -3.67. The normalized spacial score (nSPS) is 18.2. The third-order valence-corrected chi connectivity index (χ3v) is 14.2. The Morgan fingerprint density at radius 1 is 0.772 bits per heavy atom. The van der Waals surface area contributed by atoms with Crippen LogP contribution in [0.15, 0.2) is 113 Å². The summed E-state index contributed by atoms with van der Waals surface area (Å²) in [5.74, 6) is -3.23. The number of Topliss-reactive ketones (excluding diaryl/α,β-unsaturated/α-hetero) is 1. The fourth-order valence-electron chi connectivity index (χ4n) is 8.21. The van der Waals surface area contributed by atoms with Crippen molar-refractivity contribution in [3.05, 3.63) is 137 Å². The zero-order chi connectivity index (χ0) is 56.6. The Kier molecular flexibility index (Phi) is 20.8. The van der Waals surface area contributed by atoms with E-state index in [1.54, 1.807) is 73.8 Å². The molecule has 2 aliphatic heterocycles. The van der Waals surface area contributed by atoms with Gasteiger partial charge < -0.3 is 59.2 Å². The van der Waals surface area contributed by atoms with Gasteiger partial charge >= 0.3 is 5.97 Å². The van der Waals surface area contributed by atoms with Crippen LogP contribution < -0.4 is 19.9 Å². The van der Waals surface area contributed by atoms with Crippen molar-refractivity contribution in [2.75, 3.05) is 58.0 Å². The first kappa shape index (κ1) is 59.1. The van der Waals surface area contributed by atoms with Gasteiger partial charge in [0.1, 0.15) is 35.6 Å². The maximum absolute atomic E-state index is 13.4. The van der Waals surface area contributed by atoms with Crippen molar-refractivity contribution in [2.45, 2.75) is 87.4 Å². The number of carbonyl (C=O) groups is 6. The molecule has 7 rings (SSSR count). The monoisotopic (exact) mass is 1110 g/mol. The molecule has 0 saturated carbocycles. The number of amides is 4. The molecule has 24 heteroatoms. The minimum absolute atomic E-state index is 0.0000475. The third kappa shape index (κ3) is 16.7. The molecule has 5 atom stereocenters. The van der Waals surface area contributed by atoms with Gasteiger partial charge in [0.15, 0.2) is 40.7 Å². The van der Waals surface area contributed by atoms with Gasteiger partial charge in [0, 0.05) is 66.3 Å². The number of sulfone groups is 1. The highest BCUT2D eigenvalue weighted by Gasteiger charge is 2.48. The van der Waals surface area contributed by atoms with Crippen molar-refractivity contribution in [3.8, 4) is 17.2 Å². The van der Waals surface area contributed by atoms with E-state index in [0.29, 0.717) is 34.6 Å². The van der Waals surface area contributed by atoms with E-state index in [9.17, 15) is 57.6 Å². The molecular formula is C55H62N5O18S+. The zero-order valence-electron chi connectivity index (χ0n) is 43.4. The van der Waals surface area contributed by atoms with E-state index < -0.39 is 52.4 Å². The van der Waals surface area contributed by atoms with Gasteiger partial charge in [-0.1, -0.05) is 29.8 Å². The number of hydrogen-bond donors (Lipinski definition) is 6. The summed E-state index contributed by atoms with van der Waals surface area (Å²) in [6, 6.07) is 21.7. The van der Waals surface area contributed by atoms with E-state index >= 15 is 0 Å². The van der Waals surface area contributed by atoms with E-state index in [4.69, 9.17) is 28.1 Å². The number of carboxylic acid groups (broad SMARTS) is 1. The third-order valence-electron chi connectivity index (χ3n) is 12.6. The molecule has 0 spiro atoms. The van der Waals surface area contributed by atoms with E-state index in [-0.39, 0.29) is 130 Å². The standard InChI is InChI=1S/C55H61N5O18S/c1-34-5-13-40(14-6-34)79(71,72)33-42-35(2)76-53(58-42)39-11-9-38(10-12-39)43(61)15-7-36-4-3-22-59(31-36)32-37-8-16-44(77-55-51(68)49(66)50(67)52(78-55)54(69)70)41(30-37)57-46(63)19-21-56-45(62)20-24-73-26-28-75-29-27-74-25-23-60-47(64)17-18-48(60)65/h3-6,8-14,16-18,22,30-31,49-52,55,66-68H,7,15,19-21,23-29,32-33H2,1-2H3,(H2-,56,57,62,63,69,70)/p+1/t49-,50-,51+,52-,55+/m0/s1. The topological polar surface area (TPSA) is 321 Å². The molecule has 2 aliphatic rings. The summed E-state index contributed by atoms with van der Waals surface area (Å²) in [4.78, 5) is 79.8. The lowest BCUT2D eigenvalue weighted by Gasteiger charge is -2.38. The second-order valence-electron chi connectivity index (χ2n) is 18.6. The Balaban J connectivity index is 0.893. The average molecular weight is 1110 g/mol. The van der Waals surface area contributed by atoms with Crippen LogP contribution in [0.1, 0.15) is 57.8 Å². The first-order valence-electron chi connectivity index (χ1n) is 25.3. The Hall–Kier alpha value is -7.55. The summed E-state index contributed by atoms with van der Waals surface area (Å²) in [6.07, 6.45) is -3.07. The molecule has 79 heavy (non-hydrogen) atoms. The molecule has 4 heterocycles. The summed E-state index contributed by atoms with van der Waals surface area (Å²) in [5, 5.41) is 46.2. The zero-order valence-corrected chi connectivity index (χ0v) is 44.2. The molecule has 0 radical (unpaired) electrons. The number of pyridine rings is 1. The summed E-state index contributed by atoms with van der Waals surface area (Å²) in [6.45, 7) is 5.05. The van der Waals surface area contributed by atoms with E-state index in [1.807, 2.05) is 29.8 Å². The van der Waals surface area contributed by atoms with Crippen LogP contribution in [0.3, 0.4) is 0 Å². The van der Waals surface area contributed by atoms with E-state index in [1.165, 1.54) is 18.2 Å². The number of rotatable bonds is 29. The number of ketones is 1. The van der Waals surface area contributed by atoms with E-state index in [0.717, 1.165) is 16.0 Å². The van der Waals surface area contributed by atoms with Crippen LogP contribution in [-0.4, -0.2) is 158 Å². The smallest absolute Gasteiger partial charge is 0.335 e. The molecule has 5 aromatic rings. The first-order chi connectivity index (χ1) is 37.8. The van der Waals surface area contributed by atoms with Crippen LogP contribution in [0.25, 0.3) is 11.5 Å². The SMILES string of the molecule is Cc1ccc(S(=O)(=O)Cc2nc(-c3ccc(C(=O)CCc4ccc[n+](Cc5ccc(O[C@@H]6O[C@H](C(=O)O)[C@@H](O)[C@H](O)[C@H]6O)c(NC(=O)CCNC(=O)CCOCCOCCOCCN6C(=O)C=CC6=O)c5)c4)cc3)oc2C)cc1. The number of ether oxygens (including phenoxy) is 5. The number of aryl methyl sites for hydroxylation is 3. The maximum atomic E-state index is 13.4. The molecule has 0 aliphatic carbocycles. The van der Waals surface area contributed by atoms with E-state index in [2.05, 4.69) is 15.6 Å². The number of imide groups is 1. The van der Waals surface area contributed by atoms with Crippen molar-refractivity contribution in [3.63, 3.8) is 0 Å². The Labute approximate surface area is 454 Å². The van der Waals surface area contributed by atoms with Crippen LogP contribution in [-0.2, 0) is 71.5 Å². The van der Waals surface area contributed by atoms with Crippen molar-refractivity contribution in [1.82, 2.24) is 15.2 Å². The predicted molar refractivity (Wildman–Crippen MR) is 278 cm³/mol. The number of nitrogens with one attached hydrogen (secondary N) is 2. The molecule has 3 aromatic carbocycles. The second-order valence-corrected chi connectivity index (χ2v) is 20.5. The fourth-order valence-corrected chi connectivity index (χ4v) is 9.55. The molecule has 4 amide bonds. The number of carboxylic acids is 1. The largest absolute Gasteiger partial charge is 0.479 e. The fraction of sp³-hybridized carbons (Fsp3) is 0.382. The summed E-state index contributed by atoms with van der Waals surface area (Å²) in [7, 11) is -3.67. The summed E-state index contributed by atoms with van der Waals surface area (Å²) < 4.78 is 61.3. The number of nitrogens with zero attached hydrogens (tertiary/aromatic N) is 3. The van der Waals surface area contributed by atoms with Gasteiger partial charge in [0.25, 0.3) is 11.8 Å². The lowest BCUT2D eigenvalue weighted by molar-refractivity contribution is -0.688. The van der Waals surface area contributed by atoms with Crippen LogP contribution >= 0.6 is 0 Å². The molecule has 1 saturated heterocycles. The highest BCUT2D eigenvalue weighted by Crippen LogP contribution is 2.32. The van der Waals surface area contributed by atoms with Crippen LogP contribution in [0.5, 0.6) is 5.75 Å². The molecule has 23 nitrogen and oxygen atoms in total. The van der Waals surface area contributed by atoms with Crippen molar-refractivity contribution in [2.24, 2.45) is 0 Å². The Bertz CT molecular complexity index is 3090. The second kappa shape index (κ2) is 27.9. The predicted octanol–water partition coefficient (Wildman–Crippen LogP) is 2.16. The summed E-state index contributed by atoms with van der Waals surface area (Å²) in [5.41, 5.74) is 3.82. The highest BCUT2D eigenvalue weighted by atomic mass is 32.2. The summed E-state index contributed by atoms with van der Waals surface area (Å²) >= 11 is 0. The Morgan fingerprint density at radius 3 is 2.15 bits per heavy atom.